The van der Waals surface area contributed by atoms with Crippen LogP contribution < -0.4 is 0 Å². The van der Waals surface area contributed by atoms with Gasteiger partial charge in [0.15, 0.2) is 0 Å². The van der Waals surface area contributed by atoms with Crippen LogP contribution in [-0.2, 0) is 4.79 Å². The Morgan fingerprint density at radius 3 is 2.64 bits per heavy atom. The van der Waals surface area contributed by atoms with Gasteiger partial charge in [-0.2, -0.15) is 0 Å². The van der Waals surface area contributed by atoms with Crippen LogP contribution in [0.5, 0.6) is 0 Å². The van der Waals surface area contributed by atoms with Gasteiger partial charge in [0.1, 0.15) is 11.6 Å². The summed E-state index contributed by atoms with van der Waals surface area (Å²) in [7, 11) is 0. The van der Waals surface area contributed by atoms with E-state index in [9.17, 15) is 13.6 Å². The zero-order valence-corrected chi connectivity index (χ0v) is 11.5. The number of aliphatic carboxylic acids is 1. The van der Waals surface area contributed by atoms with E-state index in [1.807, 2.05) is 0 Å². The van der Waals surface area contributed by atoms with Crippen LogP contribution >= 0.6 is 0 Å². The Morgan fingerprint density at radius 2 is 1.91 bits per heavy atom. The maximum Gasteiger partial charge on any atom is 0.304 e. The van der Waals surface area contributed by atoms with Crippen LogP contribution in [0, 0.1) is 11.6 Å². The van der Waals surface area contributed by atoms with Crippen molar-refractivity contribution < 1.29 is 18.7 Å². The van der Waals surface area contributed by atoms with Crippen molar-refractivity contribution in [2.75, 3.05) is 0 Å². The van der Waals surface area contributed by atoms with E-state index in [-0.39, 0.29) is 12.2 Å². The molecule has 0 amide bonds. The second-order valence-electron chi connectivity index (χ2n) is 5.11. The first-order valence-corrected chi connectivity index (χ1v) is 6.79. The fraction of sp³-hybridized carbons (Fsp3) is 0.118. The lowest BCUT2D eigenvalue weighted by atomic mass is 9.88. The molecule has 2 aromatic carbocycles. The lowest BCUT2D eigenvalue weighted by Crippen LogP contribution is -2.09. The Kier molecular flexibility index (Phi) is 3.63. The molecule has 0 bridgehead atoms. The van der Waals surface area contributed by atoms with E-state index in [4.69, 9.17) is 5.11 Å². The minimum atomic E-state index is -1.02. The molecular weight excluding hydrogens is 288 g/mol. The standard InChI is InChI=1S/C17H13F2NO2/c18-10-5-6-12-14(9-20-16(12)7-10)13(8-17(21)22)11-3-1-2-4-15(11)19/h1-7,9,13,20H,8H2,(H,21,22). The van der Waals surface area contributed by atoms with E-state index in [0.717, 1.165) is 0 Å². The van der Waals surface area contributed by atoms with Crippen molar-refractivity contribution in [2.24, 2.45) is 0 Å². The molecule has 112 valence electrons. The molecule has 0 aliphatic rings. The van der Waals surface area contributed by atoms with Crippen LogP contribution in [0.4, 0.5) is 8.78 Å². The average Bonchev–Trinajstić information content (AvgIpc) is 2.88. The molecule has 0 saturated heterocycles. The van der Waals surface area contributed by atoms with Crippen molar-refractivity contribution in [3.63, 3.8) is 0 Å². The third-order valence-electron chi connectivity index (χ3n) is 3.71. The van der Waals surface area contributed by atoms with Gasteiger partial charge in [0.2, 0.25) is 0 Å². The van der Waals surface area contributed by atoms with Crippen LogP contribution in [0.15, 0.2) is 48.7 Å². The molecule has 0 fully saturated rings. The van der Waals surface area contributed by atoms with Crippen molar-refractivity contribution in [3.8, 4) is 0 Å². The second kappa shape index (κ2) is 5.60. The quantitative estimate of drug-likeness (QED) is 0.763. The largest absolute Gasteiger partial charge is 0.481 e. The van der Waals surface area contributed by atoms with Crippen LogP contribution in [0.25, 0.3) is 10.9 Å². The summed E-state index contributed by atoms with van der Waals surface area (Å²) >= 11 is 0. The molecule has 0 spiro atoms. The maximum atomic E-state index is 14.1. The highest BCUT2D eigenvalue weighted by atomic mass is 19.1. The van der Waals surface area contributed by atoms with Crippen molar-refractivity contribution in [2.45, 2.75) is 12.3 Å². The van der Waals surface area contributed by atoms with E-state index in [0.29, 0.717) is 22.0 Å². The van der Waals surface area contributed by atoms with Crippen LogP contribution in [0.2, 0.25) is 0 Å². The van der Waals surface area contributed by atoms with Gasteiger partial charge in [-0.1, -0.05) is 18.2 Å². The number of hydrogen-bond donors (Lipinski definition) is 2. The predicted molar refractivity (Wildman–Crippen MR) is 78.8 cm³/mol. The molecule has 1 atom stereocenters. The van der Waals surface area contributed by atoms with Crippen LogP contribution in [0.1, 0.15) is 23.5 Å². The topological polar surface area (TPSA) is 53.1 Å². The summed E-state index contributed by atoms with van der Waals surface area (Å²) in [6, 6.07) is 10.3. The van der Waals surface area contributed by atoms with E-state index in [2.05, 4.69) is 4.98 Å². The lowest BCUT2D eigenvalue weighted by molar-refractivity contribution is -0.137. The maximum absolute atomic E-state index is 14.1. The van der Waals surface area contributed by atoms with E-state index >= 15 is 0 Å². The number of hydrogen-bond acceptors (Lipinski definition) is 1. The number of halogens is 2. The van der Waals surface area contributed by atoms with Crippen molar-refractivity contribution in [3.05, 3.63) is 71.4 Å². The number of aromatic nitrogens is 1. The number of nitrogens with one attached hydrogen (secondary N) is 1. The molecule has 3 nitrogen and oxygen atoms in total. The molecule has 0 saturated carbocycles. The monoisotopic (exact) mass is 301 g/mol. The number of H-pyrrole nitrogens is 1. The Bertz CT molecular complexity index is 842. The number of carbonyl (C=O) groups is 1. The lowest BCUT2D eigenvalue weighted by Gasteiger charge is -2.15. The fourth-order valence-electron chi connectivity index (χ4n) is 2.73. The zero-order valence-electron chi connectivity index (χ0n) is 11.5. The third kappa shape index (κ3) is 2.57. The van der Waals surface area contributed by atoms with Gasteiger partial charge in [-0.15, -0.1) is 0 Å². The Morgan fingerprint density at radius 1 is 1.14 bits per heavy atom. The fourth-order valence-corrected chi connectivity index (χ4v) is 2.73. The molecular formula is C17H13F2NO2. The van der Waals surface area contributed by atoms with Crippen LogP contribution in [-0.4, -0.2) is 16.1 Å². The highest BCUT2D eigenvalue weighted by Crippen LogP contribution is 2.34. The SMILES string of the molecule is O=C(O)CC(c1ccccc1F)c1c[nH]c2cc(F)ccc12. The molecule has 0 aliphatic heterocycles. The van der Waals surface area contributed by atoms with Gasteiger partial charge >= 0.3 is 5.97 Å². The Labute approximate surface area is 125 Å². The molecule has 5 heteroatoms. The normalized spacial score (nSPS) is 12.5. The number of benzene rings is 2. The number of aromatic amines is 1. The molecule has 0 radical (unpaired) electrons. The molecule has 3 rings (SSSR count). The van der Waals surface area contributed by atoms with Gasteiger partial charge in [0.25, 0.3) is 0 Å². The number of rotatable bonds is 4. The second-order valence-corrected chi connectivity index (χ2v) is 5.11. The smallest absolute Gasteiger partial charge is 0.304 e. The van der Waals surface area contributed by atoms with Gasteiger partial charge in [-0.25, -0.2) is 8.78 Å². The van der Waals surface area contributed by atoms with Crippen molar-refractivity contribution >= 4 is 16.9 Å². The van der Waals surface area contributed by atoms with Gasteiger partial charge in [-0.3, -0.25) is 4.79 Å². The summed E-state index contributed by atoms with van der Waals surface area (Å²) in [5, 5.41) is 9.85. The van der Waals surface area contributed by atoms with E-state index < -0.39 is 17.7 Å². The summed E-state index contributed by atoms with van der Waals surface area (Å²) < 4.78 is 27.4. The first-order chi connectivity index (χ1) is 10.6. The molecule has 0 aliphatic carbocycles. The van der Waals surface area contributed by atoms with Gasteiger partial charge in [0, 0.05) is 23.0 Å². The van der Waals surface area contributed by atoms with Crippen molar-refractivity contribution in [1.29, 1.82) is 0 Å². The molecule has 1 heterocycles. The first-order valence-electron chi connectivity index (χ1n) is 6.79. The molecule has 3 aromatic rings. The summed E-state index contributed by atoms with van der Waals surface area (Å²) in [4.78, 5) is 14.1. The van der Waals surface area contributed by atoms with Gasteiger partial charge in [0.05, 0.1) is 6.42 Å². The number of carboxylic acids is 1. The zero-order chi connectivity index (χ0) is 15.7. The minimum Gasteiger partial charge on any atom is -0.481 e. The number of carboxylic acid groups (broad SMARTS) is 1. The van der Waals surface area contributed by atoms with Gasteiger partial charge < -0.3 is 10.1 Å². The van der Waals surface area contributed by atoms with Gasteiger partial charge in [-0.05, 0) is 35.4 Å². The third-order valence-corrected chi connectivity index (χ3v) is 3.71. The highest BCUT2D eigenvalue weighted by molar-refractivity contribution is 5.85. The Balaban J connectivity index is 2.16. The predicted octanol–water partition coefficient (Wildman–Crippen LogP) is 4.05. The Hall–Kier alpha value is -2.69. The molecule has 22 heavy (non-hydrogen) atoms. The van der Waals surface area contributed by atoms with E-state index in [1.165, 1.54) is 18.2 Å². The van der Waals surface area contributed by atoms with Crippen LogP contribution in [0.3, 0.4) is 0 Å². The summed E-state index contributed by atoms with van der Waals surface area (Å²) in [5.41, 5.74) is 1.51. The summed E-state index contributed by atoms with van der Waals surface area (Å²) in [5.74, 6) is -2.51. The molecule has 2 N–H and O–H groups in total. The minimum absolute atomic E-state index is 0.245. The number of fused-ring (bicyclic) bond motifs is 1. The first kappa shape index (κ1) is 14.3. The molecule has 1 aromatic heterocycles. The van der Waals surface area contributed by atoms with E-state index in [1.54, 1.807) is 30.5 Å². The summed E-state index contributed by atoms with van der Waals surface area (Å²) in [6.45, 7) is 0. The highest BCUT2D eigenvalue weighted by Gasteiger charge is 2.23. The summed E-state index contributed by atoms with van der Waals surface area (Å²) in [6.07, 6.45) is 1.37. The molecule has 1 unspecified atom stereocenters. The average molecular weight is 301 g/mol. The van der Waals surface area contributed by atoms with Crippen molar-refractivity contribution in [1.82, 2.24) is 4.98 Å².